The van der Waals surface area contributed by atoms with Gasteiger partial charge in [0.25, 0.3) is 0 Å². The number of fused-ring (bicyclic) bond motifs is 1. The highest BCUT2D eigenvalue weighted by Gasteiger charge is 2.45. The lowest BCUT2D eigenvalue weighted by Gasteiger charge is -2.46. The maximum atomic E-state index is 13.0. The molecular formula is C12H13FO2. The lowest BCUT2D eigenvalue weighted by atomic mass is 9.73. The Morgan fingerprint density at radius 2 is 2.20 bits per heavy atom. The second-order valence-electron chi connectivity index (χ2n) is 4.54. The molecule has 1 aromatic carbocycles. The Hall–Kier alpha value is -1.09. The van der Waals surface area contributed by atoms with E-state index in [4.69, 9.17) is 4.74 Å². The largest absolute Gasteiger partial charge is 0.487 e. The average Bonchev–Trinajstić information content (AvgIpc) is 2.16. The molecule has 1 aliphatic heterocycles. The van der Waals surface area contributed by atoms with Crippen LogP contribution in [0.5, 0.6) is 5.75 Å². The summed E-state index contributed by atoms with van der Waals surface area (Å²) in [6, 6.07) is 4.36. The van der Waals surface area contributed by atoms with Gasteiger partial charge < -0.3 is 9.84 Å². The second-order valence-corrected chi connectivity index (χ2v) is 4.54. The molecule has 0 radical (unpaired) electrons. The van der Waals surface area contributed by atoms with Crippen molar-refractivity contribution < 1.29 is 14.2 Å². The van der Waals surface area contributed by atoms with Crippen molar-refractivity contribution >= 4 is 0 Å². The molecule has 80 valence electrons. The predicted octanol–water partition coefficient (Wildman–Crippen LogP) is 2.56. The van der Waals surface area contributed by atoms with Gasteiger partial charge in [-0.2, -0.15) is 0 Å². The number of rotatable bonds is 0. The van der Waals surface area contributed by atoms with E-state index in [1.165, 1.54) is 12.1 Å². The first-order valence-electron chi connectivity index (χ1n) is 5.35. The van der Waals surface area contributed by atoms with Gasteiger partial charge in [0.15, 0.2) is 0 Å². The van der Waals surface area contributed by atoms with Crippen molar-refractivity contribution in [2.75, 3.05) is 0 Å². The van der Waals surface area contributed by atoms with Gasteiger partial charge in [0, 0.05) is 12.0 Å². The maximum Gasteiger partial charge on any atom is 0.126 e. The number of benzene rings is 1. The van der Waals surface area contributed by atoms with Gasteiger partial charge >= 0.3 is 0 Å². The molecule has 1 saturated carbocycles. The molecule has 1 heterocycles. The fourth-order valence-corrected chi connectivity index (χ4v) is 2.49. The fraction of sp³-hybridized carbons (Fsp3) is 0.500. The highest BCUT2D eigenvalue weighted by Crippen LogP contribution is 2.48. The molecule has 1 atom stereocenters. The van der Waals surface area contributed by atoms with Crippen LogP contribution >= 0.6 is 0 Å². The molecule has 1 aromatic rings. The Balaban J connectivity index is 2.01. The van der Waals surface area contributed by atoms with Gasteiger partial charge in [-0.15, -0.1) is 0 Å². The predicted molar refractivity (Wildman–Crippen MR) is 53.2 cm³/mol. The summed E-state index contributed by atoms with van der Waals surface area (Å²) in [6.07, 6.45) is 3.18. The summed E-state index contributed by atoms with van der Waals surface area (Å²) in [5.41, 5.74) is 0.428. The van der Waals surface area contributed by atoms with Crippen molar-refractivity contribution in [3.05, 3.63) is 29.6 Å². The number of hydrogen-bond donors (Lipinski definition) is 1. The second kappa shape index (κ2) is 2.95. The van der Waals surface area contributed by atoms with Crippen molar-refractivity contribution in [3.63, 3.8) is 0 Å². The van der Waals surface area contributed by atoms with Crippen molar-refractivity contribution in [2.45, 2.75) is 37.4 Å². The van der Waals surface area contributed by atoms with Crippen LogP contribution < -0.4 is 4.74 Å². The summed E-state index contributed by atoms with van der Waals surface area (Å²) in [5.74, 6) is 0.329. The summed E-state index contributed by atoms with van der Waals surface area (Å²) < 4.78 is 18.8. The van der Waals surface area contributed by atoms with Crippen LogP contribution in [0.1, 0.15) is 37.4 Å². The fourth-order valence-electron chi connectivity index (χ4n) is 2.49. The first-order valence-corrected chi connectivity index (χ1v) is 5.35. The molecule has 0 saturated heterocycles. The Morgan fingerprint density at radius 1 is 1.40 bits per heavy atom. The molecule has 2 nitrogen and oxygen atoms in total. The SMILES string of the molecule is OC1CC2(CCC2)Oc2ccc(F)cc21. The van der Waals surface area contributed by atoms with E-state index in [-0.39, 0.29) is 11.4 Å². The van der Waals surface area contributed by atoms with Crippen molar-refractivity contribution in [1.29, 1.82) is 0 Å². The molecule has 1 aliphatic carbocycles. The zero-order valence-corrected chi connectivity index (χ0v) is 8.37. The maximum absolute atomic E-state index is 13.0. The quantitative estimate of drug-likeness (QED) is 0.710. The standard InChI is InChI=1S/C12H13FO2/c13-8-2-3-11-9(6-8)10(14)7-12(15-11)4-1-5-12/h2-3,6,10,14H,1,4-5,7H2. The van der Waals surface area contributed by atoms with E-state index in [9.17, 15) is 9.50 Å². The molecule has 1 spiro atoms. The molecule has 15 heavy (non-hydrogen) atoms. The third-order valence-corrected chi connectivity index (χ3v) is 3.49. The minimum Gasteiger partial charge on any atom is -0.487 e. The van der Waals surface area contributed by atoms with Crippen LogP contribution in [0.4, 0.5) is 4.39 Å². The van der Waals surface area contributed by atoms with Gasteiger partial charge in [-0.1, -0.05) is 0 Å². The van der Waals surface area contributed by atoms with E-state index in [2.05, 4.69) is 0 Å². The summed E-state index contributed by atoms with van der Waals surface area (Å²) in [5, 5.41) is 9.94. The highest BCUT2D eigenvalue weighted by atomic mass is 19.1. The van der Waals surface area contributed by atoms with Crippen molar-refractivity contribution in [3.8, 4) is 5.75 Å². The molecule has 0 aromatic heterocycles. The molecular weight excluding hydrogens is 195 g/mol. The van der Waals surface area contributed by atoms with Crippen LogP contribution in [0.2, 0.25) is 0 Å². The summed E-state index contributed by atoms with van der Waals surface area (Å²) in [6.45, 7) is 0. The summed E-state index contributed by atoms with van der Waals surface area (Å²) in [7, 11) is 0. The van der Waals surface area contributed by atoms with Crippen molar-refractivity contribution in [2.24, 2.45) is 0 Å². The number of halogens is 1. The van der Waals surface area contributed by atoms with Crippen LogP contribution in [-0.4, -0.2) is 10.7 Å². The first kappa shape index (κ1) is 9.16. The van der Waals surface area contributed by atoms with E-state index >= 15 is 0 Å². The van der Waals surface area contributed by atoms with Gasteiger partial charge in [0.05, 0.1) is 6.10 Å². The normalized spacial score (nSPS) is 26.7. The van der Waals surface area contributed by atoms with Gasteiger partial charge in [-0.3, -0.25) is 0 Å². The molecule has 3 rings (SSSR count). The molecule has 0 bridgehead atoms. The van der Waals surface area contributed by atoms with Crippen LogP contribution in [-0.2, 0) is 0 Å². The number of ether oxygens (including phenoxy) is 1. The molecule has 1 fully saturated rings. The Kier molecular flexibility index (Phi) is 1.80. The minimum absolute atomic E-state index is 0.162. The molecule has 1 unspecified atom stereocenters. The topological polar surface area (TPSA) is 29.5 Å². The van der Waals surface area contributed by atoms with Gasteiger partial charge in [0.1, 0.15) is 17.2 Å². The minimum atomic E-state index is -0.579. The van der Waals surface area contributed by atoms with Gasteiger partial charge in [0.2, 0.25) is 0 Å². The van der Waals surface area contributed by atoms with Gasteiger partial charge in [-0.25, -0.2) is 4.39 Å². The van der Waals surface area contributed by atoms with E-state index in [0.717, 1.165) is 19.3 Å². The van der Waals surface area contributed by atoms with Crippen LogP contribution in [0, 0.1) is 5.82 Å². The Morgan fingerprint density at radius 3 is 2.87 bits per heavy atom. The third kappa shape index (κ3) is 1.34. The van der Waals surface area contributed by atoms with Crippen molar-refractivity contribution in [1.82, 2.24) is 0 Å². The number of aliphatic hydroxyl groups is 1. The van der Waals surface area contributed by atoms with Crippen LogP contribution in [0.15, 0.2) is 18.2 Å². The number of aliphatic hydroxyl groups excluding tert-OH is 1. The van der Waals surface area contributed by atoms with E-state index < -0.39 is 6.10 Å². The molecule has 0 amide bonds. The monoisotopic (exact) mass is 208 g/mol. The van der Waals surface area contributed by atoms with E-state index in [1.807, 2.05) is 0 Å². The lowest BCUT2D eigenvalue weighted by Crippen LogP contribution is -2.46. The van der Waals surface area contributed by atoms with Crippen LogP contribution in [0.25, 0.3) is 0 Å². The average molecular weight is 208 g/mol. The zero-order chi connectivity index (χ0) is 10.5. The smallest absolute Gasteiger partial charge is 0.126 e. The Labute approximate surface area is 87.7 Å². The van der Waals surface area contributed by atoms with Gasteiger partial charge in [-0.05, 0) is 37.5 Å². The third-order valence-electron chi connectivity index (χ3n) is 3.49. The molecule has 2 aliphatic rings. The van der Waals surface area contributed by atoms with E-state index in [0.29, 0.717) is 17.7 Å². The summed E-state index contributed by atoms with van der Waals surface area (Å²) >= 11 is 0. The highest BCUT2D eigenvalue weighted by molar-refractivity contribution is 5.38. The zero-order valence-electron chi connectivity index (χ0n) is 8.37. The lowest BCUT2D eigenvalue weighted by molar-refractivity contribution is -0.0665. The van der Waals surface area contributed by atoms with E-state index in [1.54, 1.807) is 6.07 Å². The number of hydrogen-bond acceptors (Lipinski definition) is 2. The Bertz CT molecular complexity index is 399. The molecule has 3 heteroatoms. The first-order chi connectivity index (χ1) is 7.19. The summed E-state index contributed by atoms with van der Waals surface area (Å²) in [4.78, 5) is 0. The van der Waals surface area contributed by atoms with Crippen LogP contribution in [0.3, 0.4) is 0 Å². The molecule has 1 N–H and O–H groups in total.